The first-order chi connectivity index (χ1) is 17.1. The molecule has 0 aliphatic heterocycles. The molecule has 36 heavy (non-hydrogen) atoms. The van der Waals surface area contributed by atoms with Gasteiger partial charge in [0, 0.05) is 23.5 Å². The van der Waals surface area contributed by atoms with Crippen molar-refractivity contribution in [2.45, 2.75) is 13.8 Å². The summed E-state index contributed by atoms with van der Waals surface area (Å²) in [6.07, 6.45) is 0. The fourth-order valence-electron chi connectivity index (χ4n) is 4.12. The van der Waals surface area contributed by atoms with Crippen molar-refractivity contribution in [2.24, 2.45) is 0 Å². The summed E-state index contributed by atoms with van der Waals surface area (Å²) in [6, 6.07) is 19.4. The van der Waals surface area contributed by atoms with Crippen molar-refractivity contribution in [3.05, 3.63) is 76.6 Å². The van der Waals surface area contributed by atoms with Crippen LogP contribution in [0.4, 0.5) is 5.13 Å². The number of aromatic nitrogens is 2. The molecule has 0 N–H and O–H groups in total. The highest BCUT2D eigenvalue weighted by Gasteiger charge is 2.25. The fourth-order valence-corrected chi connectivity index (χ4v) is 6.07. The molecule has 5 rings (SSSR count). The van der Waals surface area contributed by atoms with Gasteiger partial charge in [0.25, 0.3) is 5.91 Å². The first kappa shape index (κ1) is 26.5. The number of likely N-dealkylation sites (N-methyl/N-ethyl adjacent to an activating group) is 1. The van der Waals surface area contributed by atoms with Crippen molar-refractivity contribution in [3.63, 3.8) is 0 Å². The first-order valence-corrected chi connectivity index (χ1v) is 13.7. The van der Waals surface area contributed by atoms with E-state index < -0.39 is 0 Å². The summed E-state index contributed by atoms with van der Waals surface area (Å²) in [7, 11) is 0. The number of fused-ring (bicyclic) bond motifs is 2. The van der Waals surface area contributed by atoms with E-state index in [2.05, 4.69) is 18.7 Å². The maximum Gasteiger partial charge on any atom is 0.260 e. The second-order valence-electron chi connectivity index (χ2n) is 8.14. The van der Waals surface area contributed by atoms with Crippen LogP contribution in [0.2, 0.25) is 5.02 Å². The van der Waals surface area contributed by atoms with Crippen LogP contribution in [0.25, 0.3) is 31.7 Å². The van der Waals surface area contributed by atoms with Gasteiger partial charge in [-0.15, -0.1) is 23.7 Å². The van der Waals surface area contributed by atoms with Crippen molar-refractivity contribution in [3.8, 4) is 10.6 Å². The van der Waals surface area contributed by atoms with Crippen molar-refractivity contribution >= 4 is 78.8 Å². The molecular weight excluding hydrogens is 531 g/mol. The lowest BCUT2D eigenvalue weighted by atomic mass is 10.1. The lowest BCUT2D eigenvalue weighted by Crippen LogP contribution is -2.39. The average Bonchev–Trinajstić information content (AvgIpc) is 3.56. The molecule has 0 saturated heterocycles. The Labute approximate surface area is 229 Å². The quantitative estimate of drug-likeness (QED) is 0.197. The van der Waals surface area contributed by atoms with E-state index in [4.69, 9.17) is 21.6 Å². The van der Waals surface area contributed by atoms with Crippen LogP contribution in [0.5, 0.6) is 0 Å². The number of rotatable bonds is 8. The molecule has 3 aromatic heterocycles. The van der Waals surface area contributed by atoms with Gasteiger partial charge in [0.15, 0.2) is 5.13 Å². The third kappa shape index (κ3) is 5.41. The zero-order valence-electron chi connectivity index (χ0n) is 20.0. The molecule has 0 bridgehead atoms. The van der Waals surface area contributed by atoms with Gasteiger partial charge >= 0.3 is 0 Å². The van der Waals surface area contributed by atoms with Crippen LogP contribution in [0.1, 0.15) is 24.2 Å². The van der Waals surface area contributed by atoms with Crippen LogP contribution < -0.4 is 4.90 Å². The Morgan fingerprint density at radius 3 is 2.50 bits per heavy atom. The maximum atomic E-state index is 14.2. The molecule has 0 radical (unpaired) electrons. The van der Waals surface area contributed by atoms with Crippen LogP contribution in [0, 0.1) is 0 Å². The van der Waals surface area contributed by atoms with E-state index in [0.29, 0.717) is 22.3 Å². The largest absolute Gasteiger partial charge is 0.302 e. The molecule has 9 heteroatoms. The predicted molar refractivity (Wildman–Crippen MR) is 156 cm³/mol. The van der Waals surface area contributed by atoms with Gasteiger partial charge in [-0.3, -0.25) is 9.69 Å². The summed E-state index contributed by atoms with van der Waals surface area (Å²) in [6.45, 7) is 7.43. The molecule has 0 unspecified atom stereocenters. The van der Waals surface area contributed by atoms with Crippen LogP contribution in [0.3, 0.4) is 0 Å². The van der Waals surface area contributed by atoms with E-state index in [1.165, 1.54) is 11.3 Å². The number of nitrogens with zero attached hydrogens (tertiary/aromatic N) is 4. The Hall–Kier alpha value is -2.55. The summed E-state index contributed by atoms with van der Waals surface area (Å²) >= 11 is 9.34. The second-order valence-corrected chi connectivity index (χ2v) is 10.5. The number of para-hydroxylation sites is 1. The van der Waals surface area contributed by atoms with Gasteiger partial charge < -0.3 is 4.90 Å². The summed E-state index contributed by atoms with van der Waals surface area (Å²) in [5, 5.41) is 4.21. The van der Waals surface area contributed by atoms with Crippen molar-refractivity contribution < 1.29 is 4.79 Å². The van der Waals surface area contributed by atoms with Crippen molar-refractivity contribution in [2.75, 3.05) is 31.1 Å². The predicted octanol–water partition coefficient (Wildman–Crippen LogP) is 7.64. The minimum absolute atomic E-state index is 0. The number of hydrogen-bond acceptors (Lipinski definition) is 6. The number of carbonyl (C=O) groups is 1. The van der Waals surface area contributed by atoms with Gasteiger partial charge in [0.1, 0.15) is 0 Å². The number of amides is 1. The fraction of sp³-hybridized carbons (Fsp3) is 0.222. The monoisotopic (exact) mass is 556 g/mol. The van der Waals surface area contributed by atoms with E-state index in [1.807, 2.05) is 70.9 Å². The molecule has 186 valence electrons. The Morgan fingerprint density at radius 1 is 0.944 bits per heavy atom. The Bertz CT molecular complexity index is 1480. The molecular formula is C27H26Cl2N4OS2. The zero-order valence-corrected chi connectivity index (χ0v) is 23.2. The number of hydrogen-bond donors (Lipinski definition) is 0. The zero-order chi connectivity index (χ0) is 24.4. The van der Waals surface area contributed by atoms with Gasteiger partial charge in [-0.05, 0) is 54.9 Å². The lowest BCUT2D eigenvalue weighted by molar-refractivity contribution is 0.0985. The highest BCUT2D eigenvalue weighted by atomic mass is 35.5. The van der Waals surface area contributed by atoms with E-state index >= 15 is 0 Å². The normalized spacial score (nSPS) is 11.2. The molecule has 5 nitrogen and oxygen atoms in total. The number of thiazole rings is 1. The van der Waals surface area contributed by atoms with Gasteiger partial charge in [-0.2, -0.15) is 0 Å². The second kappa shape index (κ2) is 11.7. The van der Waals surface area contributed by atoms with Crippen molar-refractivity contribution in [1.82, 2.24) is 14.9 Å². The lowest BCUT2D eigenvalue weighted by Gasteiger charge is -2.25. The third-order valence-corrected chi connectivity index (χ3v) is 8.24. The molecule has 5 aromatic rings. The Balaban J connectivity index is 0.00000304. The molecule has 0 saturated carbocycles. The molecule has 1 amide bonds. The van der Waals surface area contributed by atoms with E-state index in [9.17, 15) is 4.79 Å². The summed E-state index contributed by atoms with van der Waals surface area (Å²) in [4.78, 5) is 29.1. The molecule has 0 aliphatic rings. The Kier molecular flexibility index (Phi) is 8.59. The number of carbonyl (C=O) groups excluding carboxylic acids is 1. The van der Waals surface area contributed by atoms with Crippen LogP contribution in [-0.4, -0.2) is 47.0 Å². The highest BCUT2D eigenvalue weighted by molar-refractivity contribution is 7.22. The van der Waals surface area contributed by atoms with Crippen LogP contribution in [-0.2, 0) is 0 Å². The first-order valence-electron chi connectivity index (χ1n) is 11.6. The van der Waals surface area contributed by atoms with E-state index in [1.54, 1.807) is 11.3 Å². The van der Waals surface area contributed by atoms with Crippen LogP contribution in [0.15, 0.2) is 66.0 Å². The number of thiophene rings is 1. The molecule has 0 aliphatic carbocycles. The minimum atomic E-state index is -0.0706. The van der Waals surface area contributed by atoms with Gasteiger partial charge in [0.2, 0.25) is 0 Å². The van der Waals surface area contributed by atoms with E-state index in [-0.39, 0.29) is 18.3 Å². The summed E-state index contributed by atoms with van der Waals surface area (Å²) in [5.41, 5.74) is 3.09. The topological polar surface area (TPSA) is 49.3 Å². The number of anilines is 1. The number of benzene rings is 2. The molecule has 3 heterocycles. The minimum Gasteiger partial charge on any atom is -0.302 e. The number of halogens is 2. The SMILES string of the molecule is CCN(CC)CCN(C(=O)c1cc(-c2cccs2)nc2ccccc12)c1nc2ccc(Cl)cc2s1.Cl. The smallest absolute Gasteiger partial charge is 0.260 e. The summed E-state index contributed by atoms with van der Waals surface area (Å²) in [5.74, 6) is -0.0706. The summed E-state index contributed by atoms with van der Waals surface area (Å²) < 4.78 is 0.965. The molecule has 2 aromatic carbocycles. The Morgan fingerprint density at radius 2 is 1.75 bits per heavy atom. The van der Waals surface area contributed by atoms with Gasteiger partial charge in [-0.25, -0.2) is 9.97 Å². The molecule has 0 atom stereocenters. The standard InChI is InChI=1S/C27H25ClN4OS2.ClH/c1-3-31(4-2)13-14-32(27-30-22-12-11-18(28)16-25(22)35-27)26(33)20-17-23(24-10-7-15-34-24)29-21-9-6-5-8-19(20)21;/h5-12,15-17H,3-4,13-14H2,1-2H3;1H. The third-order valence-electron chi connectivity index (χ3n) is 6.07. The average molecular weight is 558 g/mol. The van der Waals surface area contributed by atoms with Crippen LogP contribution >= 0.6 is 46.7 Å². The van der Waals surface area contributed by atoms with Crippen molar-refractivity contribution in [1.29, 1.82) is 0 Å². The van der Waals surface area contributed by atoms with Gasteiger partial charge in [0.05, 0.1) is 31.9 Å². The number of pyridine rings is 1. The van der Waals surface area contributed by atoms with E-state index in [0.717, 1.165) is 51.3 Å². The molecule has 0 fully saturated rings. The van der Waals surface area contributed by atoms with Gasteiger partial charge in [-0.1, -0.05) is 61.1 Å². The maximum absolute atomic E-state index is 14.2. The molecule has 0 spiro atoms. The highest BCUT2D eigenvalue weighted by Crippen LogP contribution is 2.33.